The van der Waals surface area contributed by atoms with Crippen molar-refractivity contribution in [1.82, 2.24) is 0 Å². The molecule has 2 aliphatic carbocycles. The Morgan fingerprint density at radius 2 is 1.37 bits per heavy atom. The molecule has 10 rings (SSSR count). The average Bonchev–Trinajstić information content (AvgIpc) is 3.67. The van der Waals surface area contributed by atoms with Crippen molar-refractivity contribution in [1.29, 1.82) is 0 Å². The van der Waals surface area contributed by atoms with Crippen molar-refractivity contribution in [2.75, 3.05) is 4.90 Å². The van der Waals surface area contributed by atoms with E-state index >= 15 is 0 Å². The van der Waals surface area contributed by atoms with Crippen LogP contribution in [0, 0.1) is 0 Å². The van der Waals surface area contributed by atoms with Gasteiger partial charge in [-0.15, -0.1) is 0 Å². The van der Waals surface area contributed by atoms with Gasteiger partial charge >= 0.3 is 0 Å². The molecule has 1 atom stereocenters. The lowest BCUT2D eigenvalue weighted by molar-refractivity contribution is 0.660. The van der Waals surface area contributed by atoms with E-state index in [1.165, 1.54) is 71.9 Å². The molecular formula is C49H37NO. The molecule has 0 aliphatic heterocycles. The number of nitrogens with zero attached hydrogens (tertiary/aromatic N) is 1. The van der Waals surface area contributed by atoms with Crippen LogP contribution in [0.5, 0.6) is 0 Å². The molecular weight excluding hydrogens is 619 g/mol. The topological polar surface area (TPSA) is 16.4 Å². The Labute approximate surface area is 298 Å². The molecule has 2 heteroatoms. The Kier molecular flexibility index (Phi) is 6.69. The SMILES string of the molecule is CC1(C)c2ccccc2-c2cc(N(C3=CCC(c4cccc5oc6ccccc6c45)C=C3)c3ccc4ccccc4c3-c3ccccc3)ccc21. The molecule has 0 saturated heterocycles. The van der Waals surface area contributed by atoms with Gasteiger partial charge < -0.3 is 9.32 Å². The maximum atomic E-state index is 6.28. The van der Waals surface area contributed by atoms with Crippen LogP contribution in [0.1, 0.15) is 42.9 Å². The molecule has 0 bridgehead atoms. The van der Waals surface area contributed by atoms with Crippen LogP contribution in [-0.2, 0) is 5.41 Å². The monoisotopic (exact) mass is 655 g/mol. The third kappa shape index (κ3) is 4.63. The lowest BCUT2D eigenvalue weighted by Crippen LogP contribution is -2.19. The number of allylic oxidation sites excluding steroid dienone is 3. The third-order valence-corrected chi connectivity index (χ3v) is 11.2. The number of hydrogen-bond acceptors (Lipinski definition) is 2. The van der Waals surface area contributed by atoms with Gasteiger partial charge in [0.1, 0.15) is 11.2 Å². The first kappa shape index (κ1) is 29.8. The summed E-state index contributed by atoms with van der Waals surface area (Å²) in [4.78, 5) is 2.49. The Balaban J connectivity index is 1.16. The van der Waals surface area contributed by atoms with Gasteiger partial charge in [-0.2, -0.15) is 0 Å². The van der Waals surface area contributed by atoms with E-state index in [1.807, 2.05) is 6.07 Å². The summed E-state index contributed by atoms with van der Waals surface area (Å²) in [6.45, 7) is 4.70. The van der Waals surface area contributed by atoms with Crippen LogP contribution in [-0.4, -0.2) is 0 Å². The van der Waals surface area contributed by atoms with E-state index in [1.54, 1.807) is 0 Å². The fraction of sp³-hybridized carbons (Fsp3) is 0.102. The van der Waals surface area contributed by atoms with E-state index in [9.17, 15) is 0 Å². The number of para-hydroxylation sites is 1. The summed E-state index contributed by atoms with van der Waals surface area (Å²) in [6.07, 6.45) is 8.05. The second-order valence-corrected chi connectivity index (χ2v) is 14.4. The predicted octanol–water partition coefficient (Wildman–Crippen LogP) is 13.5. The summed E-state index contributed by atoms with van der Waals surface area (Å²) >= 11 is 0. The summed E-state index contributed by atoms with van der Waals surface area (Å²) < 4.78 is 6.28. The molecule has 0 radical (unpaired) electrons. The van der Waals surface area contributed by atoms with Crippen LogP contribution in [0.3, 0.4) is 0 Å². The van der Waals surface area contributed by atoms with Crippen molar-refractivity contribution in [2.45, 2.75) is 31.6 Å². The molecule has 2 aliphatic rings. The molecule has 1 aromatic heterocycles. The lowest BCUT2D eigenvalue weighted by Gasteiger charge is -2.32. The maximum absolute atomic E-state index is 6.28. The van der Waals surface area contributed by atoms with Gasteiger partial charge in [0.25, 0.3) is 0 Å². The highest BCUT2D eigenvalue weighted by molar-refractivity contribution is 6.07. The van der Waals surface area contributed by atoms with Crippen LogP contribution in [0.25, 0.3) is 55.0 Å². The zero-order valence-corrected chi connectivity index (χ0v) is 28.8. The molecule has 0 amide bonds. The number of fused-ring (bicyclic) bond motifs is 7. The van der Waals surface area contributed by atoms with E-state index in [-0.39, 0.29) is 11.3 Å². The molecule has 51 heavy (non-hydrogen) atoms. The fourth-order valence-electron chi connectivity index (χ4n) is 8.75. The number of hydrogen-bond donors (Lipinski definition) is 0. The van der Waals surface area contributed by atoms with Crippen molar-refractivity contribution < 1.29 is 4.42 Å². The Bertz CT molecular complexity index is 2710. The summed E-state index contributed by atoms with van der Waals surface area (Å²) in [5.74, 6) is 0.234. The smallest absolute Gasteiger partial charge is 0.135 e. The van der Waals surface area contributed by atoms with E-state index in [2.05, 4.69) is 183 Å². The molecule has 7 aromatic carbocycles. The largest absolute Gasteiger partial charge is 0.456 e. The summed E-state index contributed by atoms with van der Waals surface area (Å²) in [7, 11) is 0. The minimum atomic E-state index is -0.0526. The van der Waals surface area contributed by atoms with Gasteiger partial charge in [0.2, 0.25) is 0 Å². The first-order valence-corrected chi connectivity index (χ1v) is 18.0. The van der Waals surface area contributed by atoms with Gasteiger partial charge in [0, 0.05) is 39.1 Å². The molecule has 0 saturated carbocycles. The summed E-state index contributed by atoms with van der Waals surface area (Å²) in [5.41, 5.74) is 14.5. The van der Waals surface area contributed by atoms with E-state index in [0.29, 0.717) is 0 Å². The molecule has 0 N–H and O–H groups in total. The van der Waals surface area contributed by atoms with Crippen molar-refractivity contribution in [2.24, 2.45) is 0 Å². The van der Waals surface area contributed by atoms with E-state index in [0.717, 1.165) is 23.3 Å². The normalized spacial score (nSPS) is 16.0. The Morgan fingerprint density at radius 3 is 2.24 bits per heavy atom. The second kappa shape index (κ2) is 11.5. The molecule has 8 aromatic rings. The highest BCUT2D eigenvalue weighted by Gasteiger charge is 2.36. The summed E-state index contributed by atoms with van der Waals surface area (Å²) in [6, 6.07) is 55.1. The average molecular weight is 656 g/mol. The molecule has 244 valence electrons. The Morgan fingerprint density at radius 1 is 0.627 bits per heavy atom. The van der Waals surface area contributed by atoms with Crippen LogP contribution >= 0.6 is 0 Å². The predicted molar refractivity (Wildman–Crippen MR) is 214 cm³/mol. The van der Waals surface area contributed by atoms with Crippen molar-refractivity contribution in [3.05, 3.63) is 192 Å². The zero-order chi connectivity index (χ0) is 34.1. The maximum Gasteiger partial charge on any atom is 0.135 e. The van der Waals surface area contributed by atoms with E-state index < -0.39 is 0 Å². The minimum absolute atomic E-state index is 0.0526. The first-order valence-electron chi connectivity index (χ1n) is 18.0. The van der Waals surface area contributed by atoms with Gasteiger partial charge in [-0.25, -0.2) is 0 Å². The highest BCUT2D eigenvalue weighted by atomic mass is 16.3. The van der Waals surface area contributed by atoms with Gasteiger partial charge in [0.15, 0.2) is 0 Å². The van der Waals surface area contributed by atoms with Crippen LogP contribution in [0.4, 0.5) is 11.4 Å². The van der Waals surface area contributed by atoms with Crippen LogP contribution in [0.2, 0.25) is 0 Å². The quantitative estimate of drug-likeness (QED) is 0.183. The zero-order valence-electron chi connectivity index (χ0n) is 28.8. The van der Waals surface area contributed by atoms with Crippen LogP contribution in [0.15, 0.2) is 180 Å². The minimum Gasteiger partial charge on any atom is -0.456 e. The first-order chi connectivity index (χ1) is 25.1. The molecule has 0 fully saturated rings. The highest BCUT2D eigenvalue weighted by Crippen LogP contribution is 2.51. The van der Waals surface area contributed by atoms with Crippen molar-refractivity contribution in [3.8, 4) is 22.3 Å². The standard InChI is InChI=1S/C49H37NO/c1-49(2)42-20-10-8-17-39(42)41-31-36(28-29-43(41)49)50(44-30-25-32-13-6-7-16-37(32)47(44)34-14-4-3-5-15-34)35-26-23-33(24-27-35)38-19-12-22-46-48(38)40-18-9-11-21-45(40)51-46/h3-23,25-31,33H,24H2,1-2H3. The second-order valence-electron chi connectivity index (χ2n) is 14.4. The number of furan rings is 1. The third-order valence-electron chi connectivity index (χ3n) is 11.2. The van der Waals surface area contributed by atoms with Crippen molar-refractivity contribution in [3.63, 3.8) is 0 Å². The van der Waals surface area contributed by atoms with E-state index in [4.69, 9.17) is 4.42 Å². The summed E-state index contributed by atoms with van der Waals surface area (Å²) in [5, 5.41) is 4.88. The van der Waals surface area contributed by atoms with Gasteiger partial charge in [0.05, 0.1) is 5.69 Å². The molecule has 0 spiro atoms. The Hall–Kier alpha value is -6.12. The lowest BCUT2D eigenvalue weighted by atomic mass is 9.82. The molecule has 1 heterocycles. The van der Waals surface area contributed by atoms with Gasteiger partial charge in [-0.3, -0.25) is 0 Å². The van der Waals surface area contributed by atoms with Gasteiger partial charge in [-0.05, 0) is 87.0 Å². The van der Waals surface area contributed by atoms with Crippen molar-refractivity contribution >= 4 is 44.1 Å². The van der Waals surface area contributed by atoms with Crippen LogP contribution < -0.4 is 4.90 Å². The number of anilines is 2. The number of rotatable bonds is 5. The molecule has 1 unspecified atom stereocenters. The molecule has 2 nitrogen and oxygen atoms in total. The van der Waals surface area contributed by atoms with Gasteiger partial charge in [-0.1, -0.05) is 147 Å². The number of benzene rings is 7. The fourth-order valence-corrected chi connectivity index (χ4v) is 8.75.